The molecule has 0 radical (unpaired) electrons. The number of likely N-dealkylation sites (N-methyl/N-ethyl adjacent to an activating group) is 1. The van der Waals surface area contributed by atoms with Crippen LogP contribution in [0.25, 0.3) is 0 Å². The van der Waals surface area contributed by atoms with Crippen molar-refractivity contribution < 1.29 is 4.79 Å². The molecule has 1 rings (SSSR count). The van der Waals surface area contributed by atoms with Gasteiger partial charge in [-0.05, 0) is 25.9 Å². The van der Waals surface area contributed by atoms with Gasteiger partial charge in [-0.3, -0.25) is 9.69 Å². The third-order valence-electron chi connectivity index (χ3n) is 2.98. The molecule has 0 aliphatic carbocycles. The van der Waals surface area contributed by atoms with E-state index < -0.39 is 0 Å². The van der Waals surface area contributed by atoms with Crippen LogP contribution in [0, 0.1) is 0 Å². The van der Waals surface area contributed by atoms with E-state index in [1.165, 1.54) is 0 Å². The van der Waals surface area contributed by atoms with Crippen molar-refractivity contribution in [2.75, 3.05) is 19.6 Å². The van der Waals surface area contributed by atoms with E-state index in [0.29, 0.717) is 6.04 Å². The highest BCUT2D eigenvalue weighted by Crippen LogP contribution is 2.14. The van der Waals surface area contributed by atoms with Crippen LogP contribution in [0.4, 0.5) is 0 Å². The second-order valence-electron chi connectivity index (χ2n) is 3.80. The van der Waals surface area contributed by atoms with Gasteiger partial charge in [0.05, 0.1) is 6.04 Å². The van der Waals surface area contributed by atoms with Gasteiger partial charge in [-0.2, -0.15) is 0 Å². The minimum Gasteiger partial charge on any atom is -0.368 e. The van der Waals surface area contributed by atoms with Gasteiger partial charge in [-0.25, -0.2) is 0 Å². The van der Waals surface area contributed by atoms with E-state index in [1.54, 1.807) is 0 Å². The van der Waals surface area contributed by atoms with E-state index in [4.69, 9.17) is 5.73 Å². The molecule has 0 aromatic heterocycles. The molecular formula is C10H21N3O. The summed E-state index contributed by atoms with van der Waals surface area (Å²) in [6.45, 7) is 7.03. The maximum Gasteiger partial charge on any atom is 0.234 e. The minimum atomic E-state index is -0.193. The van der Waals surface area contributed by atoms with Crippen molar-refractivity contribution in [1.29, 1.82) is 0 Å². The zero-order valence-corrected chi connectivity index (χ0v) is 9.12. The first-order valence-electron chi connectivity index (χ1n) is 5.46. The van der Waals surface area contributed by atoms with Gasteiger partial charge in [0.1, 0.15) is 0 Å². The summed E-state index contributed by atoms with van der Waals surface area (Å²) in [6.07, 6.45) is 1.93. The highest BCUT2D eigenvalue weighted by Gasteiger charge is 2.29. The summed E-state index contributed by atoms with van der Waals surface area (Å²) in [7, 11) is 0. The average molecular weight is 199 g/mol. The number of amides is 1. The molecule has 1 heterocycles. The SMILES string of the molecule is CCC(C(N)=O)N(CC)C1CCNC1. The summed E-state index contributed by atoms with van der Waals surface area (Å²) < 4.78 is 0. The van der Waals surface area contributed by atoms with Crippen LogP contribution in [0.3, 0.4) is 0 Å². The molecule has 0 saturated carbocycles. The van der Waals surface area contributed by atoms with Gasteiger partial charge < -0.3 is 11.1 Å². The minimum absolute atomic E-state index is 0.0927. The Morgan fingerprint density at radius 1 is 1.64 bits per heavy atom. The first-order valence-corrected chi connectivity index (χ1v) is 5.46. The van der Waals surface area contributed by atoms with Gasteiger partial charge in [-0.1, -0.05) is 13.8 Å². The van der Waals surface area contributed by atoms with Crippen LogP contribution >= 0.6 is 0 Å². The molecule has 2 unspecified atom stereocenters. The van der Waals surface area contributed by atoms with Crippen LogP contribution in [0.2, 0.25) is 0 Å². The van der Waals surface area contributed by atoms with E-state index >= 15 is 0 Å². The standard InChI is InChI=1S/C10H21N3O/c1-3-9(10(11)14)13(4-2)8-5-6-12-7-8/h8-9,12H,3-7H2,1-2H3,(H2,11,14). The van der Waals surface area contributed by atoms with Gasteiger partial charge in [0.25, 0.3) is 0 Å². The van der Waals surface area contributed by atoms with Gasteiger partial charge in [-0.15, -0.1) is 0 Å². The summed E-state index contributed by atoms with van der Waals surface area (Å²) in [5.74, 6) is -0.193. The summed E-state index contributed by atoms with van der Waals surface area (Å²) in [6, 6.07) is 0.391. The molecule has 0 aromatic carbocycles. The lowest BCUT2D eigenvalue weighted by Crippen LogP contribution is -2.50. The molecule has 3 N–H and O–H groups in total. The molecule has 4 nitrogen and oxygen atoms in total. The Morgan fingerprint density at radius 3 is 2.71 bits per heavy atom. The maximum absolute atomic E-state index is 11.2. The van der Waals surface area contributed by atoms with Crippen molar-refractivity contribution >= 4 is 5.91 Å². The maximum atomic E-state index is 11.2. The van der Waals surface area contributed by atoms with Gasteiger partial charge in [0, 0.05) is 12.6 Å². The number of carbonyl (C=O) groups is 1. The quantitative estimate of drug-likeness (QED) is 0.652. The van der Waals surface area contributed by atoms with Gasteiger partial charge in [0.15, 0.2) is 0 Å². The van der Waals surface area contributed by atoms with Crippen LogP contribution in [-0.4, -0.2) is 42.5 Å². The number of hydrogen-bond donors (Lipinski definition) is 2. The fraction of sp³-hybridized carbons (Fsp3) is 0.900. The average Bonchev–Trinajstić information content (AvgIpc) is 2.65. The second kappa shape index (κ2) is 5.32. The Labute approximate surface area is 85.8 Å². The Balaban J connectivity index is 2.62. The number of nitrogens with two attached hydrogens (primary N) is 1. The molecule has 82 valence electrons. The van der Waals surface area contributed by atoms with Crippen LogP contribution in [0.15, 0.2) is 0 Å². The third-order valence-corrected chi connectivity index (χ3v) is 2.98. The number of carbonyl (C=O) groups excluding carboxylic acids is 1. The fourth-order valence-electron chi connectivity index (χ4n) is 2.25. The van der Waals surface area contributed by atoms with Crippen molar-refractivity contribution in [3.63, 3.8) is 0 Å². The molecule has 0 bridgehead atoms. The van der Waals surface area contributed by atoms with Crippen LogP contribution < -0.4 is 11.1 Å². The van der Waals surface area contributed by atoms with Crippen molar-refractivity contribution in [3.8, 4) is 0 Å². The van der Waals surface area contributed by atoms with E-state index in [0.717, 1.165) is 32.5 Å². The largest absolute Gasteiger partial charge is 0.368 e. The number of rotatable bonds is 5. The van der Waals surface area contributed by atoms with E-state index in [9.17, 15) is 4.79 Å². The molecule has 4 heteroatoms. The van der Waals surface area contributed by atoms with E-state index in [-0.39, 0.29) is 11.9 Å². The number of nitrogens with one attached hydrogen (secondary N) is 1. The summed E-state index contributed by atoms with van der Waals surface area (Å²) in [5.41, 5.74) is 5.39. The van der Waals surface area contributed by atoms with Gasteiger partial charge >= 0.3 is 0 Å². The molecule has 0 spiro atoms. The lowest BCUT2D eigenvalue weighted by Gasteiger charge is -2.32. The summed E-state index contributed by atoms with van der Waals surface area (Å²) in [4.78, 5) is 13.5. The molecule has 1 aliphatic heterocycles. The monoisotopic (exact) mass is 199 g/mol. The summed E-state index contributed by atoms with van der Waals surface area (Å²) >= 11 is 0. The molecule has 1 amide bonds. The van der Waals surface area contributed by atoms with Crippen LogP contribution in [0.5, 0.6) is 0 Å². The first-order chi connectivity index (χ1) is 6.70. The molecule has 14 heavy (non-hydrogen) atoms. The first kappa shape index (κ1) is 11.5. The number of nitrogens with zero attached hydrogens (tertiary/aromatic N) is 1. The third kappa shape index (κ3) is 2.45. The van der Waals surface area contributed by atoms with E-state index in [1.807, 2.05) is 6.92 Å². The van der Waals surface area contributed by atoms with Crippen molar-refractivity contribution in [1.82, 2.24) is 10.2 Å². The highest BCUT2D eigenvalue weighted by molar-refractivity contribution is 5.79. The topological polar surface area (TPSA) is 58.4 Å². The van der Waals surface area contributed by atoms with E-state index in [2.05, 4.69) is 17.1 Å². The Bertz CT molecular complexity index is 190. The smallest absolute Gasteiger partial charge is 0.234 e. The Hall–Kier alpha value is -0.610. The normalized spacial score (nSPS) is 24.1. The molecule has 0 aromatic rings. The predicted molar refractivity (Wildman–Crippen MR) is 56.9 cm³/mol. The van der Waals surface area contributed by atoms with Crippen LogP contribution in [0.1, 0.15) is 26.7 Å². The zero-order chi connectivity index (χ0) is 10.6. The van der Waals surface area contributed by atoms with Crippen LogP contribution in [-0.2, 0) is 4.79 Å². The van der Waals surface area contributed by atoms with Crippen molar-refractivity contribution in [2.45, 2.75) is 38.8 Å². The number of hydrogen-bond acceptors (Lipinski definition) is 3. The molecule has 1 fully saturated rings. The Kier molecular flexibility index (Phi) is 4.35. The Morgan fingerprint density at radius 2 is 2.36 bits per heavy atom. The zero-order valence-electron chi connectivity index (χ0n) is 9.12. The predicted octanol–water partition coefficient (Wildman–Crippen LogP) is -0.0659. The van der Waals surface area contributed by atoms with Gasteiger partial charge in [0.2, 0.25) is 5.91 Å². The fourth-order valence-corrected chi connectivity index (χ4v) is 2.25. The lowest BCUT2D eigenvalue weighted by atomic mass is 10.1. The van der Waals surface area contributed by atoms with Crippen molar-refractivity contribution in [3.05, 3.63) is 0 Å². The lowest BCUT2D eigenvalue weighted by molar-refractivity contribution is -0.124. The molecular weight excluding hydrogens is 178 g/mol. The highest BCUT2D eigenvalue weighted by atomic mass is 16.1. The summed E-state index contributed by atoms with van der Waals surface area (Å²) in [5, 5.41) is 3.31. The second-order valence-corrected chi connectivity index (χ2v) is 3.80. The van der Waals surface area contributed by atoms with Crippen molar-refractivity contribution in [2.24, 2.45) is 5.73 Å². The number of primary amides is 1. The molecule has 1 saturated heterocycles. The molecule has 2 atom stereocenters. The molecule has 1 aliphatic rings.